The summed E-state index contributed by atoms with van der Waals surface area (Å²) in [4.78, 5) is 10.2. The zero-order valence-electron chi connectivity index (χ0n) is 7.79. The minimum atomic E-state index is -1.08. The number of carboxylic acid groups (broad SMARTS) is 1. The molecule has 0 spiro atoms. The van der Waals surface area contributed by atoms with Gasteiger partial charge in [0.15, 0.2) is 0 Å². The van der Waals surface area contributed by atoms with E-state index in [0.29, 0.717) is 6.42 Å². The topological polar surface area (TPSA) is 69.6 Å². The van der Waals surface area contributed by atoms with Gasteiger partial charge in [0.05, 0.1) is 12.6 Å². The van der Waals surface area contributed by atoms with Gasteiger partial charge in [-0.05, 0) is 11.8 Å². The van der Waals surface area contributed by atoms with Gasteiger partial charge in [-0.2, -0.15) is 0 Å². The Bertz CT molecular complexity index is 151. The van der Waals surface area contributed by atoms with Gasteiger partial charge in [-0.25, -0.2) is 4.79 Å². The van der Waals surface area contributed by atoms with E-state index in [1.54, 1.807) is 0 Å². The molecule has 0 aliphatic heterocycles. The Labute approximate surface area is 72.6 Å². The fourth-order valence-corrected chi connectivity index (χ4v) is 1.08. The highest BCUT2D eigenvalue weighted by molar-refractivity contribution is 5.64. The van der Waals surface area contributed by atoms with Crippen LogP contribution < -0.4 is 5.32 Å². The number of amides is 1. The predicted molar refractivity (Wildman–Crippen MR) is 46.1 cm³/mol. The summed E-state index contributed by atoms with van der Waals surface area (Å²) in [6, 6.07) is -0.359. The van der Waals surface area contributed by atoms with Crippen molar-refractivity contribution in [2.45, 2.75) is 33.2 Å². The van der Waals surface area contributed by atoms with E-state index in [-0.39, 0.29) is 18.1 Å². The third-order valence-corrected chi connectivity index (χ3v) is 1.41. The maximum absolute atomic E-state index is 10.2. The highest BCUT2D eigenvalue weighted by atomic mass is 16.4. The number of aliphatic hydroxyl groups excluding tert-OH is 1. The first-order valence-electron chi connectivity index (χ1n) is 3.95. The summed E-state index contributed by atoms with van der Waals surface area (Å²) in [5.41, 5.74) is 0.0237. The second-order valence-electron chi connectivity index (χ2n) is 4.09. The third kappa shape index (κ3) is 5.97. The van der Waals surface area contributed by atoms with E-state index in [9.17, 15) is 4.79 Å². The Morgan fingerprint density at radius 3 is 2.25 bits per heavy atom. The molecule has 4 heteroatoms. The van der Waals surface area contributed by atoms with E-state index in [4.69, 9.17) is 10.2 Å². The van der Waals surface area contributed by atoms with Crippen LogP contribution in [0.1, 0.15) is 27.2 Å². The van der Waals surface area contributed by atoms with Crippen molar-refractivity contribution < 1.29 is 15.0 Å². The second-order valence-corrected chi connectivity index (χ2v) is 4.09. The average Bonchev–Trinajstić information content (AvgIpc) is 1.82. The van der Waals surface area contributed by atoms with E-state index < -0.39 is 6.09 Å². The smallest absolute Gasteiger partial charge is 0.404 e. The molecule has 0 radical (unpaired) electrons. The SMILES string of the molecule is CC(C)(C)C[C@H](CO)NC(=O)O. The zero-order valence-corrected chi connectivity index (χ0v) is 7.79. The van der Waals surface area contributed by atoms with Crippen LogP contribution >= 0.6 is 0 Å². The molecule has 0 bridgehead atoms. The summed E-state index contributed by atoms with van der Waals surface area (Å²) >= 11 is 0. The maximum atomic E-state index is 10.2. The highest BCUT2D eigenvalue weighted by Gasteiger charge is 2.19. The minimum absolute atomic E-state index is 0.0237. The van der Waals surface area contributed by atoms with Crippen molar-refractivity contribution in [3.05, 3.63) is 0 Å². The summed E-state index contributed by atoms with van der Waals surface area (Å²) in [7, 11) is 0. The van der Waals surface area contributed by atoms with Crippen LogP contribution in [0.2, 0.25) is 0 Å². The van der Waals surface area contributed by atoms with Crippen LogP contribution in [-0.2, 0) is 0 Å². The van der Waals surface area contributed by atoms with Crippen molar-refractivity contribution in [2.24, 2.45) is 5.41 Å². The van der Waals surface area contributed by atoms with Gasteiger partial charge >= 0.3 is 6.09 Å². The van der Waals surface area contributed by atoms with E-state index in [1.807, 2.05) is 20.8 Å². The molecule has 0 aromatic rings. The van der Waals surface area contributed by atoms with Crippen LogP contribution in [0.5, 0.6) is 0 Å². The standard InChI is InChI=1S/C8H17NO3/c1-8(2,3)4-6(5-10)9-7(11)12/h6,9-10H,4-5H2,1-3H3,(H,11,12)/t6-/m1/s1. The van der Waals surface area contributed by atoms with Gasteiger partial charge in [-0.1, -0.05) is 20.8 Å². The van der Waals surface area contributed by atoms with Crippen LogP contribution in [0.15, 0.2) is 0 Å². The van der Waals surface area contributed by atoms with Crippen molar-refractivity contribution in [1.29, 1.82) is 0 Å². The summed E-state index contributed by atoms with van der Waals surface area (Å²) in [5, 5.41) is 19.5. The molecule has 0 aliphatic carbocycles. The van der Waals surface area contributed by atoms with Gasteiger partial charge in [-0.3, -0.25) is 0 Å². The number of nitrogens with one attached hydrogen (secondary N) is 1. The first kappa shape index (κ1) is 11.2. The molecule has 4 nitrogen and oxygen atoms in total. The van der Waals surface area contributed by atoms with Gasteiger partial charge in [0, 0.05) is 0 Å². The molecule has 0 aromatic carbocycles. The van der Waals surface area contributed by atoms with Crippen molar-refractivity contribution >= 4 is 6.09 Å². The van der Waals surface area contributed by atoms with Crippen molar-refractivity contribution in [3.63, 3.8) is 0 Å². The Balaban J connectivity index is 3.92. The first-order chi connectivity index (χ1) is 5.35. The number of hydrogen-bond acceptors (Lipinski definition) is 2. The van der Waals surface area contributed by atoms with E-state index in [2.05, 4.69) is 5.32 Å². The highest BCUT2D eigenvalue weighted by Crippen LogP contribution is 2.20. The number of rotatable bonds is 3. The Hall–Kier alpha value is -0.770. The van der Waals surface area contributed by atoms with Gasteiger partial charge in [0.1, 0.15) is 0 Å². The quantitative estimate of drug-likeness (QED) is 0.600. The Morgan fingerprint density at radius 1 is 1.50 bits per heavy atom. The molecule has 0 unspecified atom stereocenters. The molecular weight excluding hydrogens is 158 g/mol. The molecule has 1 atom stereocenters. The predicted octanol–water partition coefficient (Wildman–Crippen LogP) is 1.05. The molecule has 0 fully saturated rings. The normalized spacial score (nSPS) is 14.0. The van der Waals surface area contributed by atoms with Crippen LogP contribution in [0.25, 0.3) is 0 Å². The van der Waals surface area contributed by atoms with Crippen LogP contribution in [0, 0.1) is 5.41 Å². The van der Waals surface area contributed by atoms with Crippen LogP contribution in [-0.4, -0.2) is 29.0 Å². The molecule has 0 saturated heterocycles. The third-order valence-electron chi connectivity index (χ3n) is 1.41. The molecular formula is C8H17NO3. The molecule has 0 rings (SSSR count). The van der Waals surface area contributed by atoms with Gasteiger partial charge in [0.25, 0.3) is 0 Å². The maximum Gasteiger partial charge on any atom is 0.404 e. The number of carbonyl (C=O) groups is 1. The Morgan fingerprint density at radius 2 is 2.00 bits per heavy atom. The number of aliphatic hydroxyl groups is 1. The summed E-state index contributed by atoms with van der Waals surface area (Å²) in [6.45, 7) is 5.85. The molecule has 0 aliphatic rings. The van der Waals surface area contributed by atoms with Gasteiger partial charge in [0.2, 0.25) is 0 Å². The lowest BCUT2D eigenvalue weighted by Crippen LogP contribution is -2.39. The van der Waals surface area contributed by atoms with Crippen LogP contribution in [0.3, 0.4) is 0 Å². The molecule has 0 aromatic heterocycles. The summed E-state index contributed by atoms with van der Waals surface area (Å²) in [5.74, 6) is 0. The lowest BCUT2D eigenvalue weighted by atomic mass is 9.88. The summed E-state index contributed by atoms with van der Waals surface area (Å²) in [6.07, 6.45) is -0.450. The fourth-order valence-electron chi connectivity index (χ4n) is 1.08. The second kappa shape index (κ2) is 4.30. The van der Waals surface area contributed by atoms with Crippen molar-refractivity contribution in [1.82, 2.24) is 5.32 Å². The molecule has 0 saturated carbocycles. The van der Waals surface area contributed by atoms with E-state index in [1.165, 1.54) is 0 Å². The molecule has 72 valence electrons. The Kier molecular flexibility index (Phi) is 4.03. The zero-order chi connectivity index (χ0) is 9.78. The molecule has 1 amide bonds. The average molecular weight is 175 g/mol. The lowest BCUT2D eigenvalue weighted by Gasteiger charge is -2.24. The molecule has 0 heterocycles. The fraction of sp³-hybridized carbons (Fsp3) is 0.875. The molecule has 3 N–H and O–H groups in total. The molecule has 12 heavy (non-hydrogen) atoms. The van der Waals surface area contributed by atoms with Crippen LogP contribution in [0.4, 0.5) is 4.79 Å². The summed E-state index contributed by atoms with van der Waals surface area (Å²) < 4.78 is 0. The van der Waals surface area contributed by atoms with E-state index in [0.717, 1.165) is 0 Å². The first-order valence-corrected chi connectivity index (χ1v) is 3.95. The monoisotopic (exact) mass is 175 g/mol. The lowest BCUT2D eigenvalue weighted by molar-refractivity contribution is 0.163. The largest absolute Gasteiger partial charge is 0.465 e. The number of hydrogen-bond donors (Lipinski definition) is 3. The van der Waals surface area contributed by atoms with Crippen molar-refractivity contribution in [3.8, 4) is 0 Å². The van der Waals surface area contributed by atoms with Gasteiger partial charge < -0.3 is 15.5 Å². The van der Waals surface area contributed by atoms with Gasteiger partial charge in [-0.15, -0.1) is 0 Å². The van der Waals surface area contributed by atoms with E-state index >= 15 is 0 Å². The van der Waals surface area contributed by atoms with Crippen molar-refractivity contribution in [2.75, 3.05) is 6.61 Å². The minimum Gasteiger partial charge on any atom is -0.465 e.